The molecule has 1 saturated heterocycles. The number of Topliss-reactive ketones (excluding diaryl/α,β-unsaturated/α-hetero) is 1. The number of ketones is 1. The minimum atomic E-state index is -0.650. The molecule has 1 heterocycles. The van der Waals surface area contributed by atoms with E-state index < -0.39 is 17.7 Å². The van der Waals surface area contributed by atoms with E-state index in [-0.39, 0.29) is 11.3 Å². The quantitative estimate of drug-likeness (QED) is 0.419. The van der Waals surface area contributed by atoms with E-state index in [0.29, 0.717) is 17.9 Å². The number of nitrogens with zero attached hydrogens (tertiary/aromatic N) is 2. The Labute approximate surface area is 183 Å². The van der Waals surface area contributed by atoms with Crippen LogP contribution in [0.15, 0.2) is 48.0 Å². The van der Waals surface area contributed by atoms with E-state index in [9.17, 15) is 14.7 Å². The van der Waals surface area contributed by atoms with Gasteiger partial charge >= 0.3 is 0 Å². The Morgan fingerprint density at radius 3 is 2.35 bits per heavy atom. The summed E-state index contributed by atoms with van der Waals surface area (Å²) in [6, 6.07) is 12.4. The third-order valence-electron chi connectivity index (χ3n) is 5.63. The van der Waals surface area contributed by atoms with E-state index in [1.54, 1.807) is 30.2 Å². The fourth-order valence-electron chi connectivity index (χ4n) is 3.94. The van der Waals surface area contributed by atoms with Gasteiger partial charge in [0.2, 0.25) is 0 Å². The van der Waals surface area contributed by atoms with Crippen molar-refractivity contribution in [3.05, 3.63) is 70.3 Å². The van der Waals surface area contributed by atoms with Gasteiger partial charge in [-0.1, -0.05) is 29.8 Å². The molecule has 6 heteroatoms. The van der Waals surface area contributed by atoms with Crippen LogP contribution in [-0.2, 0) is 9.59 Å². The van der Waals surface area contributed by atoms with Gasteiger partial charge in [0.15, 0.2) is 0 Å². The van der Waals surface area contributed by atoms with Crippen LogP contribution >= 0.6 is 0 Å². The average Bonchev–Trinajstić information content (AvgIpc) is 2.98. The van der Waals surface area contributed by atoms with Gasteiger partial charge in [-0.15, -0.1) is 0 Å². The SMILES string of the molecule is COc1ccc(/C(O)=C2/C(=O)C(=O)N(CCCN(C)C)C2c2ccc(C)cc2)c(C)c1. The molecule has 2 aromatic rings. The number of aryl methyl sites for hydroxylation is 2. The molecule has 3 rings (SSSR count). The number of aliphatic hydroxyl groups excluding tert-OH is 1. The van der Waals surface area contributed by atoms with E-state index in [4.69, 9.17) is 4.74 Å². The van der Waals surface area contributed by atoms with Crippen LogP contribution in [0.5, 0.6) is 5.75 Å². The Bertz CT molecular complexity index is 1010. The van der Waals surface area contributed by atoms with Gasteiger partial charge in [-0.05, 0) is 70.2 Å². The molecule has 1 fully saturated rings. The van der Waals surface area contributed by atoms with Crippen molar-refractivity contribution < 1.29 is 19.4 Å². The number of amides is 1. The predicted octanol–water partition coefficient (Wildman–Crippen LogP) is 3.69. The number of likely N-dealkylation sites (tertiary alicyclic amines) is 1. The topological polar surface area (TPSA) is 70.1 Å². The van der Waals surface area contributed by atoms with Crippen LogP contribution in [0.1, 0.15) is 34.7 Å². The van der Waals surface area contributed by atoms with Crippen molar-refractivity contribution in [3.8, 4) is 5.75 Å². The van der Waals surface area contributed by atoms with E-state index in [2.05, 4.69) is 0 Å². The molecule has 164 valence electrons. The smallest absolute Gasteiger partial charge is 0.295 e. The first-order chi connectivity index (χ1) is 14.7. The summed E-state index contributed by atoms with van der Waals surface area (Å²) >= 11 is 0. The summed E-state index contributed by atoms with van der Waals surface area (Å²) < 4.78 is 5.24. The fourth-order valence-corrected chi connectivity index (χ4v) is 3.94. The van der Waals surface area contributed by atoms with Gasteiger partial charge in [-0.25, -0.2) is 0 Å². The molecular weight excluding hydrogens is 392 g/mol. The predicted molar refractivity (Wildman–Crippen MR) is 121 cm³/mol. The molecule has 1 atom stereocenters. The highest BCUT2D eigenvalue weighted by atomic mass is 16.5. The van der Waals surface area contributed by atoms with Crippen molar-refractivity contribution in [1.29, 1.82) is 0 Å². The maximum absolute atomic E-state index is 13.1. The summed E-state index contributed by atoms with van der Waals surface area (Å²) in [5.74, 6) is -0.715. The number of hydrogen-bond donors (Lipinski definition) is 1. The lowest BCUT2D eigenvalue weighted by Crippen LogP contribution is -2.32. The van der Waals surface area contributed by atoms with Gasteiger partial charge < -0.3 is 19.6 Å². The van der Waals surface area contributed by atoms with Crippen LogP contribution in [0.3, 0.4) is 0 Å². The lowest BCUT2D eigenvalue weighted by Gasteiger charge is -2.26. The molecule has 1 aliphatic heterocycles. The molecule has 0 spiro atoms. The summed E-state index contributed by atoms with van der Waals surface area (Å²) in [6.07, 6.45) is 0.726. The number of carbonyl (C=O) groups excluding carboxylic acids is 2. The molecule has 2 aromatic carbocycles. The van der Waals surface area contributed by atoms with Crippen molar-refractivity contribution >= 4 is 17.4 Å². The third-order valence-corrected chi connectivity index (χ3v) is 5.63. The number of methoxy groups -OCH3 is 1. The first kappa shape index (κ1) is 22.6. The van der Waals surface area contributed by atoms with Crippen LogP contribution in [0, 0.1) is 13.8 Å². The second-order valence-corrected chi connectivity index (χ2v) is 8.24. The number of rotatable bonds is 7. The first-order valence-corrected chi connectivity index (χ1v) is 10.4. The number of aliphatic hydroxyl groups is 1. The largest absolute Gasteiger partial charge is 0.507 e. The zero-order valence-electron chi connectivity index (χ0n) is 18.8. The first-order valence-electron chi connectivity index (χ1n) is 10.4. The standard InChI is InChI=1S/C25H30N2O4/c1-16-7-9-18(10-8-16)22-21(23(28)20-12-11-19(31-5)15-17(20)2)24(29)25(30)27(22)14-6-13-26(3)4/h7-12,15,22,28H,6,13-14H2,1-5H3/b23-21-. The van der Waals surface area contributed by atoms with Crippen molar-refractivity contribution in [2.45, 2.75) is 26.3 Å². The van der Waals surface area contributed by atoms with Crippen LogP contribution in [-0.4, -0.2) is 60.9 Å². The highest BCUT2D eigenvalue weighted by molar-refractivity contribution is 6.46. The normalized spacial score (nSPS) is 18.1. The van der Waals surface area contributed by atoms with Crippen LogP contribution in [0.2, 0.25) is 0 Å². The minimum absolute atomic E-state index is 0.131. The van der Waals surface area contributed by atoms with Crippen molar-refractivity contribution in [2.75, 3.05) is 34.3 Å². The Balaban J connectivity index is 2.11. The summed E-state index contributed by atoms with van der Waals surface area (Å²) in [5.41, 5.74) is 3.30. The van der Waals surface area contributed by atoms with Crippen molar-refractivity contribution in [2.24, 2.45) is 0 Å². The molecule has 0 saturated carbocycles. The van der Waals surface area contributed by atoms with Crippen LogP contribution in [0.25, 0.3) is 5.76 Å². The molecule has 1 N–H and O–H groups in total. The van der Waals surface area contributed by atoms with Gasteiger partial charge in [-0.2, -0.15) is 0 Å². The molecular formula is C25H30N2O4. The summed E-state index contributed by atoms with van der Waals surface area (Å²) in [5, 5.41) is 11.2. The lowest BCUT2D eigenvalue weighted by atomic mass is 9.93. The summed E-state index contributed by atoms with van der Waals surface area (Å²) in [6.45, 7) is 5.05. The third kappa shape index (κ3) is 4.64. The average molecular weight is 423 g/mol. The number of benzene rings is 2. The van der Waals surface area contributed by atoms with Gasteiger partial charge in [0.25, 0.3) is 11.7 Å². The Morgan fingerprint density at radius 2 is 1.77 bits per heavy atom. The maximum atomic E-state index is 13.1. The Kier molecular flexibility index (Phi) is 6.81. The minimum Gasteiger partial charge on any atom is -0.507 e. The molecule has 0 radical (unpaired) electrons. The summed E-state index contributed by atoms with van der Waals surface area (Å²) in [7, 11) is 5.51. The van der Waals surface area contributed by atoms with Gasteiger partial charge in [0, 0.05) is 12.1 Å². The van der Waals surface area contributed by atoms with E-state index in [1.807, 2.05) is 57.1 Å². The molecule has 1 amide bonds. The Morgan fingerprint density at radius 1 is 1.10 bits per heavy atom. The molecule has 0 bridgehead atoms. The highest BCUT2D eigenvalue weighted by Gasteiger charge is 2.45. The summed E-state index contributed by atoms with van der Waals surface area (Å²) in [4.78, 5) is 29.7. The van der Waals surface area contributed by atoms with E-state index >= 15 is 0 Å². The van der Waals surface area contributed by atoms with Gasteiger partial charge in [0.1, 0.15) is 11.5 Å². The zero-order chi connectivity index (χ0) is 22.7. The van der Waals surface area contributed by atoms with E-state index in [1.165, 1.54) is 0 Å². The van der Waals surface area contributed by atoms with Gasteiger partial charge in [0.05, 0.1) is 18.7 Å². The monoisotopic (exact) mass is 422 g/mol. The second-order valence-electron chi connectivity index (χ2n) is 8.24. The molecule has 0 aromatic heterocycles. The Hall–Kier alpha value is -3.12. The number of ether oxygens (including phenoxy) is 1. The lowest BCUT2D eigenvalue weighted by molar-refractivity contribution is -0.139. The molecule has 6 nitrogen and oxygen atoms in total. The molecule has 1 aliphatic rings. The van der Waals surface area contributed by atoms with E-state index in [0.717, 1.165) is 29.7 Å². The number of carbonyl (C=O) groups is 2. The highest BCUT2D eigenvalue weighted by Crippen LogP contribution is 2.40. The van der Waals surface area contributed by atoms with Crippen molar-refractivity contribution in [1.82, 2.24) is 9.80 Å². The van der Waals surface area contributed by atoms with Crippen molar-refractivity contribution in [3.63, 3.8) is 0 Å². The van der Waals surface area contributed by atoms with Crippen LogP contribution in [0.4, 0.5) is 0 Å². The molecule has 31 heavy (non-hydrogen) atoms. The van der Waals surface area contributed by atoms with Crippen LogP contribution < -0.4 is 4.74 Å². The zero-order valence-corrected chi connectivity index (χ0v) is 18.8. The maximum Gasteiger partial charge on any atom is 0.295 e. The fraction of sp³-hybridized carbons (Fsp3) is 0.360. The second kappa shape index (κ2) is 9.35. The van der Waals surface area contributed by atoms with Gasteiger partial charge in [-0.3, -0.25) is 9.59 Å². The number of hydrogen-bond acceptors (Lipinski definition) is 5. The molecule has 1 unspecified atom stereocenters. The molecule has 0 aliphatic carbocycles.